The molecule has 4 aliphatic rings. The molecule has 1 aromatic carbocycles. The van der Waals surface area contributed by atoms with Gasteiger partial charge in [0.2, 0.25) is 0 Å². The van der Waals surface area contributed by atoms with Gasteiger partial charge in [-0.1, -0.05) is 55.7 Å². The number of allylic oxidation sites excluding steroid dienone is 4. The summed E-state index contributed by atoms with van der Waals surface area (Å²) in [4.78, 5) is 13.1. The Morgan fingerprint density at radius 3 is 2.31 bits per heavy atom. The number of rotatable bonds is 5. The van der Waals surface area contributed by atoms with Crippen LogP contribution in [0, 0.1) is 34.5 Å². The highest BCUT2D eigenvalue weighted by atomic mass is 35.5. The van der Waals surface area contributed by atoms with Gasteiger partial charge in [0.1, 0.15) is 6.10 Å². The Kier molecular flexibility index (Phi) is 8.62. The number of hydrogen-bond donors (Lipinski definition) is 1. The quantitative estimate of drug-likeness (QED) is 0.272. The van der Waals surface area contributed by atoms with Crippen LogP contribution >= 0.6 is 11.6 Å². The molecular weight excluding hydrogens is 544 g/mol. The van der Waals surface area contributed by atoms with Crippen molar-refractivity contribution in [3.8, 4) is 0 Å². The number of ether oxygens (including phenoxy) is 2. The van der Waals surface area contributed by atoms with E-state index in [2.05, 4.69) is 67.5 Å². The molecule has 232 valence electrons. The number of esters is 1. The van der Waals surface area contributed by atoms with Crippen molar-refractivity contribution in [3.63, 3.8) is 0 Å². The standard InChI is InChI=1S/C37H53ClO4/c1-23-10-16-29-27(23)15-9-24(2)28(34(29,3)4)17-18-30-36(7)21-19-31(41-33(39)25-11-13-26(38)14-12-25)35(5,6)42-32(36)20-22-37(30,8)40/h9-14,27-32,40H,15-22H2,1-8H3/t27-,28-,29+,30+,31+,32+,36+,37-/m1/s1. The summed E-state index contributed by atoms with van der Waals surface area (Å²) in [5, 5.41) is 12.5. The molecule has 8 atom stereocenters. The normalized spacial score (nSPS) is 39.2. The van der Waals surface area contributed by atoms with E-state index in [4.69, 9.17) is 21.1 Å². The highest BCUT2D eigenvalue weighted by Gasteiger charge is 2.57. The van der Waals surface area contributed by atoms with Gasteiger partial charge in [-0.25, -0.2) is 4.79 Å². The fourth-order valence-electron chi connectivity index (χ4n) is 9.60. The van der Waals surface area contributed by atoms with Crippen molar-refractivity contribution in [1.82, 2.24) is 0 Å². The molecule has 5 heteroatoms. The largest absolute Gasteiger partial charge is 0.456 e. The van der Waals surface area contributed by atoms with Crippen LogP contribution in [0.5, 0.6) is 0 Å². The monoisotopic (exact) mass is 596 g/mol. The number of carbonyl (C=O) groups excluding carboxylic acids is 1. The molecule has 1 saturated carbocycles. The molecule has 4 nitrogen and oxygen atoms in total. The number of halogens is 1. The lowest BCUT2D eigenvalue weighted by Crippen LogP contribution is -2.56. The van der Waals surface area contributed by atoms with E-state index >= 15 is 0 Å². The number of carbonyl (C=O) groups is 1. The predicted molar refractivity (Wildman–Crippen MR) is 171 cm³/mol. The Balaban J connectivity index is 1.36. The van der Waals surface area contributed by atoms with Gasteiger partial charge in [-0.05, 0) is 145 Å². The molecule has 0 radical (unpaired) electrons. The Morgan fingerprint density at radius 1 is 0.952 bits per heavy atom. The third-order valence-electron chi connectivity index (χ3n) is 12.3. The van der Waals surface area contributed by atoms with Crippen LogP contribution in [0.2, 0.25) is 5.02 Å². The first-order chi connectivity index (χ1) is 19.6. The average Bonchev–Trinajstić information content (AvgIpc) is 3.21. The van der Waals surface area contributed by atoms with Crippen molar-refractivity contribution in [2.45, 2.75) is 130 Å². The molecule has 5 rings (SSSR count). The van der Waals surface area contributed by atoms with E-state index in [-0.39, 0.29) is 34.9 Å². The first-order valence-corrected chi connectivity index (χ1v) is 16.6. The van der Waals surface area contributed by atoms with E-state index in [0.29, 0.717) is 34.8 Å². The van der Waals surface area contributed by atoms with Crippen molar-refractivity contribution in [1.29, 1.82) is 0 Å². The molecule has 1 aromatic rings. The minimum Gasteiger partial charge on any atom is -0.456 e. The minimum absolute atomic E-state index is 0.00167. The second kappa shape index (κ2) is 11.4. The van der Waals surface area contributed by atoms with Crippen molar-refractivity contribution in [2.75, 3.05) is 0 Å². The highest BCUT2D eigenvalue weighted by molar-refractivity contribution is 6.30. The average molecular weight is 597 g/mol. The van der Waals surface area contributed by atoms with E-state index in [1.807, 2.05) is 0 Å². The molecule has 1 aliphatic heterocycles. The van der Waals surface area contributed by atoms with Crippen molar-refractivity contribution >= 4 is 17.6 Å². The molecule has 0 bridgehead atoms. The fraction of sp³-hybridized carbons (Fsp3) is 0.703. The lowest BCUT2D eigenvalue weighted by molar-refractivity contribution is -0.206. The first-order valence-electron chi connectivity index (χ1n) is 16.3. The number of benzene rings is 1. The molecule has 0 spiro atoms. The maximum absolute atomic E-state index is 13.1. The first kappa shape index (κ1) is 31.8. The Labute approximate surface area is 259 Å². The molecular formula is C37H53ClO4. The van der Waals surface area contributed by atoms with Crippen molar-refractivity contribution in [3.05, 3.63) is 58.1 Å². The number of aliphatic hydroxyl groups is 1. The van der Waals surface area contributed by atoms with Crippen molar-refractivity contribution in [2.24, 2.45) is 34.5 Å². The number of hydrogen-bond acceptors (Lipinski definition) is 4. The summed E-state index contributed by atoms with van der Waals surface area (Å²) in [5.74, 6) is 1.56. The van der Waals surface area contributed by atoms with Gasteiger partial charge in [-0.15, -0.1) is 0 Å². The summed E-state index contributed by atoms with van der Waals surface area (Å²) in [6.07, 6.45) is 12.0. The van der Waals surface area contributed by atoms with Crippen LogP contribution in [0.15, 0.2) is 47.6 Å². The predicted octanol–water partition coefficient (Wildman–Crippen LogP) is 9.35. The second-order valence-electron chi connectivity index (χ2n) is 15.6. The summed E-state index contributed by atoms with van der Waals surface area (Å²) >= 11 is 6.04. The summed E-state index contributed by atoms with van der Waals surface area (Å²) in [6.45, 7) is 18.1. The third kappa shape index (κ3) is 5.77. The molecule has 0 aromatic heterocycles. The van der Waals surface area contributed by atoms with Crippen LogP contribution < -0.4 is 0 Å². The summed E-state index contributed by atoms with van der Waals surface area (Å²) in [5.41, 5.74) is 2.15. The minimum atomic E-state index is -0.765. The molecule has 0 unspecified atom stereocenters. The van der Waals surface area contributed by atoms with Gasteiger partial charge in [0, 0.05) is 5.02 Å². The van der Waals surface area contributed by atoms with Gasteiger partial charge in [0.05, 0.1) is 22.9 Å². The van der Waals surface area contributed by atoms with Gasteiger partial charge in [-0.2, -0.15) is 0 Å². The van der Waals surface area contributed by atoms with Crippen LogP contribution in [-0.2, 0) is 9.47 Å². The third-order valence-corrected chi connectivity index (χ3v) is 12.5. The van der Waals surface area contributed by atoms with Crippen LogP contribution in [0.1, 0.15) is 117 Å². The Morgan fingerprint density at radius 2 is 1.62 bits per heavy atom. The molecule has 1 N–H and O–H groups in total. The zero-order valence-electron chi connectivity index (χ0n) is 27.1. The van der Waals surface area contributed by atoms with E-state index in [9.17, 15) is 9.90 Å². The summed E-state index contributed by atoms with van der Waals surface area (Å²) < 4.78 is 13.0. The Hall–Kier alpha value is -1.62. The lowest BCUT2D eigenvalue weighted by Gasteiger charge is -2.54. The van der Waals surface area contributed by atoms with E-state index in [0.717, 1.165) is 38.5 Å². The highest BCUT2D eigenvalue weighted by Crippen LogP contribution is 2.58. The van der Waals surface area contributed by atoms with Crippen LogP contribution in [-0.4, -0.2) is 34.5 Å². The van der Waals surface area contributed by atoms with Crippen LogP contribution in [0.3, 0.4) is 0 Å². The SMILES string of the molecule is CC1=CC[C@H]2[C@@H]1CC=C(C)[C@@H](CC[C@H]1[C@]3(C)CC[C@H](OC(=O)c4ccc(Cl)cc4)C(C)(C)O[C@H]3CC[C@@]1(C)O)C2(C)C. The molecule has 0 amide bonds. The maximum atomic E-state index is 13.1. The van der Waals surface area contributed by atoms with Crippen molar-refractivity contribution < 1.29 is 19.4 Å². The molecule has 2 fully saturated rings. The molecule has 42 heavy (non-hydrogen) atoms. The van der Waals surface area contributed by atoms with Gasteiger partial charge in [-0.3, -0.25) is 0 Å². The Bertz CT molecular complexity index is 1220. The smallest absolute Gasteiger partial charge is 0.338 e. The van der Waals surface area contributed by atoms with Gasteiger partial charge >= 0.3 is 5.97 Å². The molecule has 3 aliphatic carbocycles. The van der Waals surface area contributed by atoms with Gasteiger partial charge < -0.3 is 14.6 Å². The van der Waals surface area contributed by atoms with Gasteiger partial charge in [0.15, 0.2) is 0 Å². The summed E-state index contributed by atoms with van der Waals surface area (Å²) in [6, 6.07) is 6.85. The topological polar surface area (TPSA) is 55.8 Å². The summed E-state index contributed by atoms with van der Waals surface area (Å²) in [7, 11) is 0. The van der Waals surface area contributed by atoms with E-state index in [1.54, 1.807) is 29.8 Å². The lowest BCUT2D eigenvalue weighted by atomic mass is 9.55. The zero-order chi connectivity index (χ0) is 30.7. The van der Waals surface area contributed by atoms with E-state index in [1.165, 1.54) is 12.0 Å². The van der Waals surface area contributed by atoms with Crippen LogP contribution in [0.25, 0.3) is 0 Å². The molecule has 1 heterocycles. The van der Waals surface area contributed by atoms with E-state index < -0.39 is 11.2 Å². The van der Waals surface area contributed by atoms with Crippen LogP contribution in [0.4, 0.5) is 0 Å². The zero-order valence-corrected chi connectivity index (χ0v) is 27.9. The van der Waals surface area contributed by atoms with Gasteiger partial charge in [0.25, 0.3) is 0 Å². The maximum Gasteiger partial charge on any atom is 0.338 e. The number of fused-ring (bicyclic) bond motifs is 2. The fourth-order valence-corrected chi connectivity index (χ4v) is 9.73. The molecule has 1 saturated heterocycles. The second-order valence-corrected chi connectivity index (χ2v) is 16.1.